The number of amides is 3. The van der Waals surface area contributed by atoms with Crippen molar-refractivity contribution < 1.29 is 14.4 Å². The number of nitrogens with zero attached hydrogens (tertiary/aromatic N) is 2. The van der Waals surface area contributed by atoms with Crippen LogP contribution in [0.2, 0.25) is 0 Å². The molecule has 1 aromatic heterocycles. The summed E-state index contributed by atoms with van der Waals surface area (Å²) in [5, 5.41) is 8.98. The lowest BCUT2D eigenvalue weighted by atomic mass is 10.1. The molecule has 1 aromatic rings. The number of piperidine rings is 1. The second-order valence-corrected chi connectivity index (χ2v) is 4.66. The quantitative estimate of drug-likeness (QED) is 0.714. The Labute approximate surface area is 110 Å². The first-order chi connectivity index (χ1) is 8.95. The molecule has 2 rings (SSSR count). The van der Waals surface area contributed by atoms with E-state index < -0.39 is 11.9 Å². The number of carbonyl (C=O) groups excluding carboxylic acids is 3. The van der Waals surface area contributed by atoms with Crippen molar-refractivity contribution in [3.05, 3.63) is 17.5 Å². The Morgan fingerprint density at radius 2 is 2.26 bits per heavy atom. The predicted octanol–water partition coefficient (Wildman–Crippen LogP) is -0.579. The van der Waals surface area contributed by atoms with E-state index in [9.17, 15) is 14.4 Å². The molecule has 1 saturated heterocycles. The normalized spacial score (nSPS) is 19.2. The van der Waals surface area contributed by atoms with Gasteiger partial charge in [-0.3, -0.25) is 24.4 Å². The van der Waals surface area contributed by atoms with Crippen LogP contribution in [-0.4, -0.2) is 33.5 Å². The molecule has 0 aliphatic carbocycles. The van der Waals surface area contributed by atoms with Gasteiger partial charge < -0.3 is 5.32 Å². The molecule has 3 amide bonds. The second-order valence-electron chi connectivity index (χ2n) is 4.66. The molecule has 1 atom stereocenters. The molecule has 0 spiro atoms. The third kappa shape index (κ3) is 3.18. The van der Waals surface area contributed by atoms with Crippen LogP contribution in [0.25, 0.3) is 0 Å². The van der Waals surface area contributed by atoms with Gasteiger partial charge in [-0.05, 0) is 26.3 Å². The van der Waals surface area contributed by atoms with Crippen LogP contribution in [0, 0.1) is 13.8 Å². The molecule has 7 nitrogen and oxygen atoms in total. The number of aryl methyl sites for hydroxylation is 2. The van der Waals surface area contributed by atoms with E-state index in [0.717, 1.165) is 11.4 Å². The minimum atomic E-state index is -0.637. The molecule has 0 radical (unpaired) electrons. The largest absolute Gasteiger partial charge is 0.343 e. The fraction of sp³-hybridized carbons (Fsp3) is 0.500. The summed E-state index contributed by atoms with van der Waals surface area (Å²) in [4.78, 5) is 34.3. The molecule has 1 aliphatic heterocycles. The van der Waals surface area contributed by atoms with Gasteiger partial charge in [0.2, 0.25) is 17.7 Å². The van der Waals surface area contributed by atoms with Gasteiger partial charge in [0.05, 0.1) is 5.69 Å². The number of hydrogen-bond acceptors (Lipinski definition) is 4. The van der Waals surface area contributed by atoms with Gasteiger partial charge in [0.15, 0.2) is 0 Å². The van der Waals surface area contributed by atoms with Crippen molar-refractivity contribution in [2.24, 2.45) is 0 Å². The van der Waals surface area contributed by atoms with E-state index in [1.54, 1.807) is 4.68 Å². The van der Waals surface area contributed by atoms with E-state index >= 15 is 0 Å². The van der Waals surface area contributed by atoms with Crippen molar-refractivity contribution in [3.8, 4) is 0 Å². The average Bonchev–Trinajstić information content (AvgIpc) is 2.61. The summed E-state index contributed by atoms with van der Waals surface area (Å²) in [5.41, 5.74) is 1.72. The van der Waals surface area contributed by atoms with E-state index in [0.29, 0.717) is 6.42 Å². The Kier molecular flexibility index (Phi) is 3.64. The fourth-order valence-corrected chi connectivity index (χ4v) is 2.04. The highest BCUT2D eigenvalue weighted by molar-refractivity contribution is 6.01. The van der Waals surface area contributed by atoms with Crippen LogP contribution in [0.15, 0.2) is 6.07 Å². The molecule has 0 aromatic carbocycles. The maximum atomic E-state index is 11.8. The highest BCUT2D eigenvalue weighted by Crippen LogP contribution is 2.05. The Balaban J connectivity index is 1.93. The number of carbonyl (C=O) groups is 3. The van der Waals surface area contributed by atoms with Crippen LogP contribution >= 0.6 is 0 Å². The summed E-state index contributed by atoms with van der Waals surface area (Å²) >= 11 is 0. The van der Waals surface area contributed by atoms with Gasteiger partial charge >= 0.3 is 0 Å². The van der Waals surface area contributed by atoms with Crippen molar-refractivity contribution in [2.45, 2.75) is 39.3 Å². The molecule has 7 heteroatoms. The molecule has 1 fully saturated rings. The predicted molar refractivity (Wildman–Crippen MR) is 66.0 cm³/mol. The third-order valence-corrected chi connectivity index (χ3v) is 2.97. The van der Waals surface area contributed by atoms with E-state index in [1.165, 1.54) is 0 Å². The smallest absolute Gasteiger partial charge is 0.249 e. The van der Waals surface area contributed by atoms with E-state index in [4.69, 9.17) is 0 Å². The summed E-state index contributed by atoms with van der Waals surface area (Å²) in [7, 11) is 0. The molecule has 2 N–H and O–H groups in total. The first-order valence-corrected chi connectivity index (χ1v) is 6.10. The Morgan fingerprint density at radius 3 is 2.84 bits per heavy atom. The van der Waals surface area contributed by atoms with Crippen LogP contribution in [0.3, 0.4) is 0 Å². The molecule has 2 heterocycles. The van der Waals surface area contributed by atoms with Crippen molar-refractivity contribution in [3.63, 3.8) is 0 Å². The fourth-order valence-electron chi connectivity index (χ4n) is 2.04. The Bertz CT molecular complexity index is 535. The first kappa shape index (κ1) is 13.3. The highest BCUT2D eigenvalue weighted by atomic mass is 16.2. The third-order valence-electron chi connectivity index (χ3n) is 2.97. The summed E-state index contributed by atoms with van der Waals surface area (Å²) in [6.45, 7) is 3.78. The topological polar surface area (TPSA) is 93.1 Å². The summed E-state index contributed by atoms with van der Waals surface area (Å²) < 4.78 is 1.58. The van der Waals surface area contributed by atoms with Crippen molar-refractivity contribution in [2.75, 3.05) is 0 Å². The van der Waals surface area contributed by atoms with E-state index in [-0.39, 0.29) is 24.8 Å². The van der Waals surface area contributed by atoms with Gasteiger partial charge in [-0.15, -0.1) is 0 Å². The van der Waals surface area contributed by atoms with Gasteiger partial charge in [-0.1, -0.05) is 0 Å². The maximum absolute atomic E-state index is 11.8. The Hall–Kier alpha value is -2.18. The molecular weight excluding hydrogens is 248 g/mol. The number of aromatic nitrogens is 2. The number of imide groups is 1. The molecule has 102 valence electrons. The highest BCUT2D eigenvalue weighted by Gasteiger charge is 2.27. The van der Waals surface area contributed by atoms with Crippen molar-refractivity contribution in [1.82, 2.24) is 20.4 Å². The van der Waals surface area contributed by atoms with Gasteiger partial charge in [0, 0.05) is 12.1 Å². The van der Waals surface area contributed by atoms with Gasteiger partial charge in [-0.2, -0.15) is 5.10 Å². The van der Waals surface area contributed by atoms with Crippen LogP contribution in [-0.2, 0) is 20.9 Å². The SMILES string of the molecule is Cc1cc(C)n(CC(=O)NC2CCC(=O)NC2=O)n1. The van der Waals surface area contributed by atoms with Gasteiger partial charge in [0.1, 0.15) is 12.6 Å². The van der Waals surface area contributed by atoms with E-state index in [1.807, 2.05) is 19.9 Å². The average molecular weight is 264 g/mol. The summed E-state index contributed by atoms with van der Waals surface area (Å²) in [5.74, 6) is -1.03. The van der Waals surface area contributed by atoms with Crippen LogP contribution < -0.4 is 10.6 Å². The van der Waals surface area contributed by atoms with Gasteiger partial charge in [-0.25, -0.2) is 0 Å². The van der Waals surface area contributed by atoms with E-state index in [2.05, 4.69) is 15.7 Å². The first-order valence-electron chi connectivity index (χ1n) is 6.10. The van der Waals surface area contributed by atoms with Crippen LogP contribution in [0.1, 0.15) is 24.2 Å². The summed E-state index contributed by atoms with van der Waals surface area (Å²) in [6.07, 6.45) is 0.587. The Morgan fingerprint density at radius 1 is 1.53 bits per heavy atom. The minimum Gasteiger partial charge on any atom is -0.343 e. The van der Waals surface area contributed by atoms with Crippen LogP contribution in [0.5, 0.6) is 0 Å². The molecule has 0 saturated carbocycles. The second kappa shape index (κ2) is 5.21. The lowest BCUT2D eigenvalue weighted by Gasteiger charge is -2.21. The lowest BCUT2D eigenvalue weighted by Crippen LogP contribution is -2.52. The zero-order chi connectivity index (χ0) is 14.0. The lowest BCUT2D eigenvalue weighted by molar-refractivity contribution is -0.137. The zero-order valence-corrected chi connectivity index (χ0v) is 10.9. The monoisotopic (exact) mass is 264 g/mol. The number of rotatable bonds is 3. The number of hydrogen-bond donors (Lipinski definition) is 2. The summed E-state index contributed by atoms with van der Waals surface area (Å²) in [6, 6.07) is 1.24. The zero-order valence-electron chi connectivity index (χ0n) is 10.9. The molecule has 1 unspecified atom stereocenters. The maximum Gasteiger partial charge on any atom is 0.249 e. The van der Waals surface area contributed by atoms with Gasteiger partial charge in [0.25, 0.3) is 0 Å². The molecule has 0 bridgehead atoms. The molecule has 1 aliphatic rings. The minimum absolute atomic E-state index is 0.0669. The molecule has 19 heavy (non-hydrogen) atoms. The number of nitrogens with one attached hydrogen (secondary N) is 2. The van der Waals surface area contributed by atoms with Crippen LogP contribution in [0.4, 0.5) is 0 Å². The standard InChI is InChI=1S/C12H16N4O3/c1-7-5-8(2)16(15-7)6-11(18)13-9-3-4-10(17)14-12(9)19/h5,9H,3-4,6H2,1-2H3,(H,13,18)(H,14,17,19). The molecular formula is C12H16N4O3. The van der Waals surface area contributed by atoms with Crippen molar-refractivity contribution >= 4 is 17.7 Å². The van der Waals surface area contributed by atoms with Crippen molar-refractivity contribution in [1.29, 1.82) is 0 Å².